The summed E-state index contributed by atoms with van der Waals surface area (Å²) in [5, 5.41) is 3.26. The standard InChI is InChI=1S/C18H24N4O/c1-12(2)22-16-6-4-3-5-14(16)19-17(22)18(23)20-15-11-21-9-7-13(15)8-10-21/h3-6,12-13,15H,7-11H2,1-2H3,(H,20,23). The smallest absolute Gasteiger partial charge is 0.287 e. The molecule has 0 aliphatic carbocycles. The lowest BCUT2D eigenvalue weighted by Gasteiger charge is -2.44. The van der Waals surface area contributed by atoms with E-state index in [-0.39, 0.29) is 18.0 Å². The summed E-state index contributed by atoms with van der Waals surface area (Å²) in [6, 6.07) is 8.44. The first-order chi connectivity index (χ1) is 11.1. The zero-order chi connectivity index (χ0) is 16.0. The Morgan fingerprint density at radius 1 is 1.26 bits per heavy atom. The van der Waals surface area contributed by atoms with E-state index in [9.17, 15) is 4.79 Å². The van der Waals surface area contributed by atoms with Crippen LogP contribution in [-0.4, -0.2) is 46.0 Å². The Morgan fingerprint density at radius 3 is 2.65 bits per heavy atom. The molecule has 5 heteroatoms. The molecular formula is C18H24N4O. The van der Waals surface area contributed by atoms with Crippen LogP contribution in [0.3, 0.4) is 0 Å². The summed E-state index contributed by atoms with van der Waals surface area (Å²) in [7, 11) is 0. The van der Waals surface area contributed by atoms with Crippen molar-refractivity contribution in [1.29, 1.82) is 0 Å². The van der Waals surface area contributed by atoms with E-state index in [1.54, 1.807) is 0 Å². The highest BCUT2D eigenvalue weighted by Gasteiger charge is 2.35. The summed E-state index contributed by atoms with van der Waals surface area (Å²) < 4.78 is 2.05. The van der Waals surface area contributed by atoms with Gasteiger partial charge in [-0.2, -0.15) is 0 Å². The van der Waals surface area contributed by atoms with Crippen LogP contribution in [0.1, 0.15) is 43.3 Å². The molecule has 4 heterocycles. The zero-order valence-electron chi connectivity index (χ0n) is 13.8. The molecule has 2 bridgehead atoms. The zero-order valence-corrected chi connectivity index (χ0v) is 13.8. The van der Waals surface area contributed by atoms with Crippen molar-refractivity contribution in [2.24, 2.45) is 5.92 Å². The van der Waals surface area contributed by atoms with Crippen LogP contribution in [0.5, 0.6) is 0 Å². The number of carbonyl (C=O) groups excluding carboxylic acids is 1. The Hall–Kier alpha value is -1.88. The number of hydrogen-bond acceptors (Lipinski definition) is 3. The van der Waals surface area contributed by atoms with Gasteiger partial charge in [0.2, 0.25) is 0 Å². The Kier molecular flexibility index (Phi) is 3.60. The second-order valence-electron chi connectivity index (χ2n) is 7.11. The van der Waals surface area contributed by atoms with Crippen molar-refractivity contribution in [1.82, 2.24) is 19.8 Å². The number of fused-ring (bicyclic) bond motifs is 4. The number of carbonyl (C=O) groups is 1. The lowest BCUT2D eigenvalue weighted by Crippen LogP contribution is -2.57. The van der Waals surface area contributed by atoms with Crippen molar-refractivity contribution < 1.29 is 4.79 Å². The number of rotatable bonds is 3. The first kappa shape index (κ1) is 14.7. The highest BCUT2D eigenvalue weighted by Crippen LogP contribution is 2.28. The van der Waals surface area contributed by atoms with Crippen molar-refractivity contribution >= 4 is 16.9 Å². The summed E-state index contributed by atoms with van der Waals surface area (Å²) in [5.41, 5.74) is 1.92. The van der Waals surface area contributed by atoms with Gasteiger partial charge in [0.15, 0.2) is 5.82 Å². The molecule has 2 aromatic rings. The molecule has 3 fully saturated rings. The second kappa shape index (κ2) is 5.64. The molecule has 23 heavy (non-hydrogen) atoms. The number of imidazole rings is 1. The van der Waals surface area contributed by atoms with Crippen LogP contribution in [0.2, 0.25) is 0 Å². The Bertz CT molecular complexity index is 728. The highest BCUT2D eigenvalue weighted by atomic mass is 16.2. The van der Waals surface area contributed by atoms with E-state index in [2.05, 4.69) is 29.0 Å². The predicted octanol–water partition coefficient (Wildman–Crippen LogP) is 2.44. The maximum absolute atomic E-state index is 12.9. The van der Waals surface area contributed by atoms with E-state index in [1.807, 2.05) is 28.8 Å². The van der Waals surface area contributed by atoms with Gasteiger partial charge in [-0.25, -0.2) is 4.98 Å². The SMILES string of the molecule is CC(C)n1c(C(=O)NC2CN3CCC2CC3)nc2ccccc21. The fourth-order valence-corrected chi connectivity index (χ4v) is 4.09. The number of hydrogen-bond donors (Lipinski definition) is 1. The third-order valence-corrected chi connectivity index (χ3v) is 5.29. The molecule has 5 rings (SSSR count). The maximum atomic E-state index is 12.9. The maximum Gasteiger partial charge on any atom is 0.287 e. The molecule has 0 saturated carbocycles. The van der Waals surface area contributed by atoms with E-state index in [0.29, 0.717) is 11.7 Å². The molecule has 1 aromatic heterocycles. The van der Waals surface area contributed by atoms with Gasteiger partial charge in [0.25, 0.3) is 5.91 Å². The van der Waals surface area contributed by atoms with E-state index < -0.39 is 0 Å². The largest absolute Gasteiger partial charge is 0.345 e. The number of nitrogens with one attached hydrogen (secondary N) is 1. The van der Waals surface area contributed by atoms with Gasteiger partial charge in [-0.1, -0.05) is 12.1 Å². The predicted molar refractivity (Wildman–Crippen MR) is 90.5 cm³/mol. The Labute approximate surface area is 136 Å². The van der Waals surface area contributed by atoms with Crippen LogP contribution >= 0.6 is 0 Å². The normalized spacial score (nSPS) is 26.8. The molecule has 122 valence electrons. The average Bonchev–Trinajstić information content (AvgIpc) is 2.96. The minimum Gasteiger partial charge on any atom is -0.345 e. The van der Waals surface area contributed by atoms with Crippen molar-refractivity contribution in [3.8, 4) is 0 Å². The fourth-order valence-electron chi connectivity index (χ4n) is 4.09. The van der Waals surface area contributed by atoms with Gasteiger partial charge in [-0.15, -0.1) is 0 Å². The van der Waals surface area contributed by atoms with Gasteiger partial charge in [-0.3, -0.25) is 4.79 Å². The van der Waals surface area contributed by atoms with E-state index in [1.165, 1.54) is 25.9 Å². The van der Waals surface area contributed by atoms with Crippen molar-refractivity contribution in [2.45, 2.75) is 38.8 Å². The highest BCUT2D eigenvalue weighted by molar-refractivity contribution is 5.95. The van der Waals surface area contributed by atoms with Gasteiger partial charge in [0.05, 0.1) is 11.0 Å². The van der Waals surface area contributed by atoms with Crippen LogP contribution in [0.25, 0.3) is 11.0 Å². The summed E-state index contributed by atoms with van der Waals surface area (Å²) in [4.78, 5) is 19.9. The number of para-hydroxylation sites is 2. The molecule has 1 amide bonds. The molecule has 1 aromatic carbocycles. The van der Waals surface area contributed by atoms with Crippen LogP contribution in [0.15, 0.2) is 24.3 Å². The van der Waals surface area contributed by atoms with Crippen molar-refractivity contribution in [2.75, 3.05) is 19.6 Å². The monoisotopic (exact) mass is 312 g/mol. The summed E-state index contributed by atoms with van der Waals surface area (Å²) in [6.07, 6.45) is 2.40. The summed E-state index contributed by atoms with van der Waals surface area (Å²) in [6.45, 7) is 7.54. The number of nitrogens with zero attached hydrogens (tertiary/aromatic N) is 3. The molecule has 1 atom stereocenters. The molecule has 3 saturated heterocycles. The summed E-state index contributed by atoms with van der Waals surface area (Å²) >= 11 is 0. The quantitative estimate of drug-likeness (QED) is 0.947. The third kappa shape index (κ3) is 2.53. The first-order valence-corrected chi connectivity index (χ1v) is 8.63. The van der Waals surface area contributed by atoms with Gasteiger partial charge in [0, 0.05) is 18.6 Å². The van der Waals surface area contributed by atoms with Crippen LogP contribution in [-0.2, 0) is 0 Å². The van der Waals surface area contributed by atoms with Gasteiger partial charge in [0.1, 0.15) is 0 Å². The van der Waals surface area contributed by atoms with Crippen LogP contribution < -0.4 is 5.32 Å². The second-order valence-corrected chi connectivity index (χ2v) is 7.11. The van der Waals surface area contributed by atoms with Crippen molar-refractivity contribution in [3.63, 3.8) is 0 Å². The first-order valence-electron chi connectivity index (χ1n) is 8.63. The van der Waals surface area contributed by atoms with E-state index >= 15 is 0 Å². The fraction of sp³-hybridized carbons (Fsp3) is 0.556. The minimum absolute atomic E-state index is 0.0337. The number of piperidine rings is 3. The molecule has 0 spiro atoms. The van der Waals surface area contributed by atoms with Gasteiger partial charge >= 0.3 is 0 Å². The molecular weight excluding hydrogens is 288 g/mol. The molecule has 3 aliphatic rings. The Balaban J connectivity index is 1.63. The average molecular weight is 312 g/mol. The minimum atomic E-state index is -0.0337. The molecule has 3 aliphatic heterocycles. The van der Waals surface area contributed by atoms with E-state index in [4.69, 9.17) is 0 Å². The summed E-state index contributed by atoms with van der Waals surface area (Å²) in [5.74, 6) is 1.13. The Morgan fingerprint density at radius 2 is 2.00 bits per heavy atom. The van der Waals surface area contributed by atoms with Crippen LogP contribution in [0, 0.1) is 5.92 Å². The van der Waals surface area contributed by atoms with E-state index in [0.717, 1.165) is 17.6 Å². The lowest BCUT2D eigenvalue weighted by molar-refractivity contribution is 0.0612. The van der Waals surface area contributed by atoms with Crippen LogP contribution in [0.4, 0.5) is 0 Å². The molecule has 0 radical (unpaired) electrons. The number of aromatic nitrogens is 2. The number of benzene rings is 1. The topological polar surface area (TPSA) is 50.2 Å². The third-order valence-electron chi connectivity index (χ3n) is 5.29. The lowest BCUT2D eigenvalue weighted by atomic mass is 9.84. The molecule has 1 unspecified atom stereocenters. The van der Waals surface area contributed by atoms with Gasteiger partial charge in [-0.05, 0) is 57.8 Å². The van der Waals surface area contributed by atoms with Gasteiger partial charge < -0.3 is 14.8 Å². The molecule has 5 nitrogen and oxygen atoms in total. The van der Waals surface area contributed by atoms with Crippen molar-refractivity contribution in [3.05, 3.63) is 30.1 Å². The number of amides is 1. The molecule has 1 N–H and O–H groups in total.